The molecule has 1 aromatic rings. The molecule has 1 aromatic heterocycles. The third kappa shape index (κ3) is 2.83. The molecule has 0 bridgehead atoms. The predicted molar refractivity (Wildman–Crippen MR) is 73.4 cm³/mol. The van der Waals surface area contributed by atoms with Gasteiger partial charge in [-0.05, 0) is 19.3 Å². The second kappa shape index (κ2) is 5.89. The Balaban J connectivity index is 2.88. The number of aryl methyl sites for hydroxylation is 2. The number of nitrogens with zero attached hydrogens (tertiary/aromatic N) is 2. The van der Waals surface area contributed by atoms with E-state index < -0.39 is 0 Å². The van der Waals surface area contributed by atoms with Crippen LogP contribution in [0.25, 0.3) is 0 Å². The SMILES string of the molecule is CCc1nn(C)c(C(=O)NC(C)C(C)CC)c1N. The van der Waals surface area contributed by atoms with Crippen LogP contribution in [0.2, 0.25) is 0 Å². The summed E-state index contributed by atoms with van der Waals surface area (Å²) in [6.45, 7) is 8.22. The Morgan fingerprint density at radius 2 is 2.06 bits per heavy atom. The number of aromatic nitrogens is 2. The van der Waals surface area contributed by atoms with Crippen molar-refractivity contribution >= 4 is 11.6 Å². The van der Waals surface area contributed by atoms with Gasteiger partial charge in [0.15, 0.2) is 0 Å². The molecule has 0 saturated heterocycles. The molecule has 2 unspecified atom stereocenters. The van der Waals surface area contributed by atoms with E-state index in [2.05, 4.69) is 24.3 Å². The van der Waals surface area contributed by atoms with Gasteiger partial charge in [0.25, 0.3) is 5.91 Å². The number of nitrogens with one attached hydrogen (secondary N) is 1. The summed E-state index contributed by atoms with van der Waals surface area (Å²) >= 11 is 0. The fraction of sp³-hybridized carbons (Fsp3) is 0.692. The molecule has 0 aliphatic carbocycles. The first-order valence-electron chi connectivity index (χ1n) is 6.54. The maximum atomic E-state index is 12.2. The second-order valence-electron chi connectivity index (χ2n) is 4.83. The Kier molecular flexibility index (Phi) is 4.76. The van der Waals surface area contributed by atoms with Gasteiger partial charge < -0.3 is 11.1 Å². The topological polar surface area (TPSA) is 72.9 Å². The minimum atomic E-state index is -0.144. The Bertz CT molecular complexity index is 425. The van der Waals surface area contributed by atoms with E-state index in [1.54, 1.807) is 11.7 Å². The van der Waals surface area contributed by atoms with E-state index in [9.17, 15) is 4.79 Å². The van der Waals surface area contributed by atoms with Gasteiger partial charge in [-0.25, -0.2) is 0 Å². The van der Waals surface area contributed by atoms with Crippen LogP contribution in [-0.2, 0) is 13.5 Å². The molecule has 0 spiro atoms. The van der Waals surface area contributed by atoms with Gasteiger partial charge in [-0.1, -0.05) is 27.2 Å². The maximum absolute atomic E-state index is 12.2. The molecule has 0 saturated carbocycles. The van der Waals surface area contributed by atoms with Gasteiger partial charge in [-0.2, -0.15) is 5.10 Å². The van der Waals surface area contributed by atoms with Gasteiger partial charge in [-0.15, -0.1) is 0 Å². The van der Waals surface area contributed by atoms with Crippen LogP contribution in [0.3, 0.4) is 0 Å². The lowest BCUT2D eigenvalue weighted by atomic mass is 10.0. The zero-order chi connectivity index (χ0) is 13.9. The molecule has 0 aliphatic heterocycles. The van der Waals surface area contributed by atoms with Crippen molar-refractivity contribution in [2.24, 2.45) is 13.0 Å². The fourth-order valence-electron chi connectivity index (χ4n) is 1.90. The molecule has 0 aliphatic rings. The summed E-state index contributed by atoms with van der Waals surface area (Å²) in [5.74, 6) is 0.295. The van der Waals surface area contributed by atoms with Gasteiger partial charge in [-0.3, -0.25) is 9.48 Å². The largest absolute Gasteiger partial charge is 0.395 e. The van der Waals surface area contributed by atoms with Crippen molar-refractivity contribution in [2.75, 3.05) is 5.73 Å². The lowest BCUT2D eigenvalue weighted by Crippen LogP contribution is -2.38. The highest BCUT2D eigenvalue weighted by Gasteiger charge is 2.21. The number of amides is 1. The summed E-state index contributed by atoms with van der Waals surface area (Å²) in [6.07, 6.45) is 1.76. The van der Waals surface area contributed by atoms with Crippen LogP contribution in [-0.4, -0.2) is 21.7 Å². The van der Waals surface area contributed by atoms with Crippen molar-refractivity contribution in [3.05, 3.63) is 11.4 Å². The monoisotopic (exact) mass is 252 g/mol. The maximum Gasteiger partial charge on any atom is 0.271 e. The van der Waals surface area contributed by atoms with Crippen LogP contribution in [0, 0.1) is 5.92 Å². The Morgan fingerprint density at radius 3 is 2.50 bits per heavy atom. The fourth-order valence-corrected chi connectivity index (χ4v) is 1.90. The predicted octanol–water partition coefficient (Wildman–Crippen LogP) is 1.73. The number of anilines is 1. The molecule has 5 nitrogen and oxygen atoms in total. The Morgan fingerprint density at radius 1 is 1.44 bits per heavy atom. The number of nitrogens with two attached hydrogens (primary N) is 1. The molecule has 5 heteroatoms. The van der Waals surface area contributed by atoms with Crippen LogP contribution in [0.1, 0.15) is 50.3 Å². The minimum Gasteiger partial charge on any atom is -0.395 e. The van der Waals surface area contributed by atoms with E-state index in [4.69, 9.17) is 5.73 Å². The number of hydrogen-bond donors (Lipinski definition) is 2. The third-order valence-corrected chi connectivity index (χ3v) is 3.57. The summed E-state index contributed by atoms with van der Waals surface area (Å²) < 4.78 is 1.56. The minimum absolute atomic E-state index is 0.127. The van der Waals surface area contributed by atoms with Crippen molar-refractivity contribution < 1.29 is 4.79 Å². The van der Waals surface area contributed by atoms with Gasteiger partial charge >= 0.3 is 0 Å². The van der Waals surface area contributed by atoms with Crippen LogP contribution in [0.5, 0.6) is 0 Å². The van der Waals surface area contributed by atoms with E-state index in [0.717, 1.165) is 18.5 Å². The highest BCUT2D eigenvalue weighted by atomic mass is 16.2. The van der Waals surface area contributed by atoms with E-state index >= 15 is 0 Å². The van der Waals surface area contributed by atoms with Gasteiger partial charge in [0, 0.05) is 13.1 Å². The van der Waals surface area contributed by atoms with Crippen molar-refractivity contribution in [3.63, 3.8) is 0 Å². The number of carbonyl (C=O) groups excluding carboxylic acids is 1. The van der Waals surface area contributed by atoms with E-state index in [0.29, 0.717) is 17.3 Å². The van der Waals surface area contributed by atoms with Crippen LogP contribution in [0.4, 0.5) is 5.69 Å². The summed E-state index contributed by atoms with van der Waals surface area (Å²) in [5.41, 5.74) is 7.69. The van der Waals surface area contributed by atoms with Crippen molar-refractivity contribution in [1.29, 1.82) is 0 Å². The highest BCUT2D eigenvalue weighted by molar-refractivity contribution is 5.98. The van der Waals surface area contributed by atoms with Crippen molar-refractivity contribution in [3.8, 4) is 0 Å². The Labute approximate surface area is 109 Å². The molecule has 18 heavy (non-hydrogen) atoms. The summed E-state index contributed by atoms with van der Waals surface area (Å²) in [4.78, 5) is 12.2. The normalized spacial score (nSPS) is 14.3. The lowest BCUT2D eigenvalue weighted by molar-refractivity contribution is 0.0919. The second-order valence-corrected chi connectivity index (χ2v) is 4.83. The van der Waals surface area contributed by atoms with E-state index in [-0.39, 0.29) is 11.9 Å². The first kappa shape index (κ1) is 14.5. The van der Waals surface area contributed by atoms with Crippen LogP contribution >= 0.6 is 0 Å². The molecular weight excluding hydrogens is 228 g/mol. The van der Waals surface area contributed by atoms with E-state index in [1.807, 2.05) is 13.8 Å². The zero-order valence-corrected chi connectivity index (χ0v) is 11.9. The van der Waals surface area contributed by atoms with Gasteiger partial charge in [0.05, 0.1) is 11.4 Å². The first-order valence-corrected chi connectivity index (χ1v) is 6.54. The number of nitrogen functional groups attached to an aromatic ring is 1. The molecule has 0 aromatic carbocycles. The summed E-state index contributed by atoms with van der Waals surface area (Å²) in [7, 11) is 1.75. The molecule has 1 amide bonds. The zero-order valence-electron chi connectivity index (χ0n) is 11.9. The molecule has 3 N–H and O–H groups in total. The quantitative estimate of drug-likeness (QED) is 0.838. The van der Waals surface area contributed by atoms with Crippen LogP contribution in [0.15, 0.2) is 0 Å². The van der Waals surface area contributed by atoms with Gasteiger partial charge in [0.2, 0.25) is 0 Å². The number of carbonyl (C=O) groups is 1. The van der Waals surface area contributed by atoms with Crippen molar-refractivity contribution in [1.82, 2.24) is 15.1 Å². The Hall–Kier alpha value is -1.52. The highest BCUT2D eigenvalue weighted by Crippen LogP contribution is 2.17. The lowest BCUT2D eigenvalue weighted by Gasteiger charge is -2.19. The standard InChI is InChI=1S/C13H24N4O/c1-6-8(3)9(4)15-13(18)12-11(14)10(7-2)16-17(12)5/h8-9H,6-7,14H2,1-5H3,(H,15,18). The summed E-state index contributed by atoms with van der Waals surface area (Å²) in [6, 6.07) is 0.127. The molecule has 2 atom stereocenters. The third-order valence-electron chi connectivity index (χ3n) is 3.57. The average molecular weight is 252 g/mol. The van der Waals surface area contributed by atoms with Crippen molar-refractivity contribution in [2.45, 2.75) is 46.6 Å². The molecule has 0 radical (unpaired) electrons. The average Bonchev–Trinajstić information content (AvgIpc) is 2.62. The van der Waals surface area contributed by atoms with Crippen LogP contribution < -0.4 is 11.1 Å². The first-order chi connectivity index (χ1) is 8.42. The molecule has 0 fully saturated rings. The molecule has 102 valence electrons. The van der Waals surface area contributed by atoms with Gasteiger partial charge in [0.1, 0.15) is 5.69 Å². The number of rotatable bonds is 5. The summed E-state index contributed by atoms with van der Waals surface area (Å²) in [5, 5.41) is 7.24. The van der Waals surface area contributed by atoms with E-state index in [1.165, 1.54) is 0 Å². The molecule has 1 rings (SSSR count). The number of hydrogen-bond acceptors (Lipinski definition) is 3. The smallest absolute Gasteiger partial charge is 0.271 e. The molecular formula is C13H24N4O. The molecule has 1 heterocycles.